The third-order valence-corrected chi connectivity index (χ3v) is 10.7. The summed E-state index contributed by atoms with van der Waals surface area (Å²) in [4.78, 5) is 30.1. The molecule has 0 heterocycles. The lowest BCUT2D eigenvalue weighted by atomic mass is 10.0. The number of hydrogen-bond donors (Lipinski definition) is 1. The summed E-state index contributed by atoms with van der Waals surface area (Å²) in [5, 5.41) is 3.17. The van der Waals surface area contributed by atoms with E-state index in [1.165, 1.54) is 29.2 Å². The first kappa shape index (κ1) is 35.1. The highest BCUT2D eigenvalue weighted by molar-refractivity contribution is 9.10. The molecule has 1 aliphatic carbocycles. The number of rotatable bonds is 14. The van der Waals surface area contributed by atoms with E-state index in [1.807, 2.05) is 61.5 Å². The minimum atomic E-state index is -4.33. The second kappa shape index (κ2) is 16.3. The minimum Gasteiger partial charge on any atom is -0.494 e. The number of nitrogens with zero attached hydrogens (tertiary/aromatic N) is 2. The van der Waals surface area contributed by atoms with Gasteiger partial charge in [0.25, 0.3) is 10.0 Å². The highest BCUT2D eigenvalue weighted by Gasteiger charge is 2.35. The first-order valence-corrected chi connectivity index (χ1v) is 18.3. The van der Waals surface area contributed by atoms with E-state index in [2.05, 4.69) is 21.2 Å². The van der Waals surface area contributed by atoms with Crippen molar-refractivity contribution in [1.82, 2.24) is 10.2 Å². The van der Waals surface area contributed by atoms with E-state index in [0.717, 1.165) is 57.7 Å². The number of amides is 2. The summed E-state index contributed by atoms with van der Waals surface area (Å²) >= 11 is 3.45. The topological polar surface area (TPSA) is 96.0 Å². The molecular formula is C37H39BrFN3O5S. The molecule has 8 nitrogen and oxygen atoms in total. The van der Waals surface area contributed by atoms with Crippen LogP contribution >= 0.6 is 15.9 Å². The van der Waals surface area contributed by atoms with Gasteiger partial charge in [0.1, 0.15) is 24.2 Å². The van der Waals surface area contributed by atoms with Crippen molar-refractivity contribution < 1.29 is 27.1 Å². The minimum absolute atomic E-state index is 0.0103. The highest BCUT2D eigenvalue weighted by Crippen LogP contribution is 2.27. The van der Waals surface area contributed by atoms with E-state index in [-0.39, 0.29) is 35.5 Å². The second-order valence-corrected chi connectivity index (χ2v) is 14.5. The molecule has 2 amide bonds. The van der Waals surface area contributed by atoms with E-state index < -0.39 is 34.3 Å². The molecule has 4 aromatic carbocycles. The van der Waals surface area contributed by atoms with Gasteiger partial charge >= 0.3 is 0 Å². The SMILES string of the molecule is CCOc1ccc(S(=O)(=O)N(CC(=O)N(Cc2ccc(Br)cc2)[C@@H](Cc2ccccc2)C(=O)NC2CCCC2)c2ccc(F)cc2)cc1. The third-order valence-electron chi connectivity index (χ3n) is 8.36. The summed E-state index contributed by atoms with van der Waals surface area (Å²) in [5.41, 5.74) is 1.73. The monoisotopic (exact) mass is 735 g/mol. The fourth-order valence-electron chi connectivity index (χ4n) is 5.85. The molecule has 1 saturated carbocycles. The first-order chi connectivity index (χ1) is 23.1. The van der Waals surface area contributed by atoms with Crippen LogP contribution in [0.5, 0.6) is 5.75 Å². The zero-order chi connectivity index (χ0) is 34.1. The fourth-order valence-corrected chi connectivity index (χ4v) is 7.52. The molecule has 252 valence electrons. The molecule has 0 saturated heterocycles. The van der Waals surface area contributed by atoms with Crippen LogP contribution < -0.4 is 14.4 Å². The van der Waals surface area contributed by atoms with Gasteiger partial charge in [-0.25, -0.2) is 12.8 Å². The molecule has 48 heavy (non-hydrogen) atoms. The van der Waals surface area contributed by atoms with Gasteiger partial charge in [0, 0.05) is 23.5 Å². The van der Waals surface area contributed by atoms with E-state index in [0.29, 0.717) is 12.4 Å². The second-order valence-electron chi connectivity index (χ2n) is 11.7. The van der Waals surface area contributed by atoms with Gasteiger partial charge in [0.05, 0.1) is 17.2 Å². The molecule has 0 unspecified atom stereocenters. The Morgan fingerprint density at radius 3 is 2.17 bits per heavy atom. The van der Waals surface area contributed by atoms with Crippen LogP contribution in [0.1, 0.15) is 43.7 Å². The van der Waals surface area contributed by atoms with Gasteiger partial charge in [-0.15, -0.1) is 0 Å². The third kappa shape index (κ3) is 9.02. The molecule has 1 fully saturated rings. The number of carbonyl (C=O) groups excluding carboxylic acids is 2. The van der Waals surface area contributed by atoms with Crippen molar-refractivity contribution >= 4 is 43.5 Å². The predicted molar refractivity (Wildman–Crippen MR) is 188 cm³/mol. The Hall–Kier alpha value is -4.22. The maximum Gasteiger partial charge on any atom is 0.264 e. The Balaban J connectivity index is 1.55. The summed E-state index contributed by atoms with van der Waals surface area (Å²) in [6.07, 6.45) is 3.99. The Kier molecular flexibility index (Phi) is 11.9. The number of sulfonamides is 1. The van der Waals surface area contributed by atoms with Gasteiger partial charge in [-0.1, -0.05) is 71.2 Å². The highest BCUT2D eigenvalue weighted by atomic mass is 79.9. The fraction of sp³-hybridized carbons (Fsp3) is 0.297. The zero-order valence-electron chi connectivity index (χ0n) is 26.7. The zero-order valence-corrected chi connectivity index (χ0v) is 29.1. The Labute approximate surface area is 290 Å². The van der Waals surface area contributed by atoms with Crippen LogP contribution in [0.4, 0.5) is 10.1 Å². The van der Waals surface area contributed by atoms with Crippen LogP contribution in [0.2, 0.25) is 0 Å². The molecule has 1 atom stereocenters. The van der Waals surface area contributed by atoms with Crippen molar-refractivity contribution in [2.75, 3.05) is 17.5 Å². The van der Waals surface area contributed by atoms with Crippen molar-refractivity contribution in [2.45, 2.75) is 62.6 Å². The maximum absolute atomic E-state index is 14.6. The van der Waals surface area contributed by atoms with Gasteiger partial charge in [-0.05, 0) is 91.6 Å². The molecule has 1 N–H and O–H groups in total. The van der Waals surface area contributed by atoms with Crippen LogP contribution in [-0.4, -0.2) is 50.4 Å². The van der Waals surface area contributed by atoms with E-state index >= 15 is 0 Å². The van der Waals surface area contributed by atoms with E-state index in [9.17, 15) is 22.4 Å². The summed E-state index contributed by atoms with van der Waals surface area (Å²) < 4.78 is 49.7. The molecule has 0 spiro atoms. The van der Waals surface area contributed by atoms with E-state index in [4.69, 9.17) is 4.74 Å². The molecule has 0 bridgehead atoms. The number of carbonyl (C=O) groups is 2. The molecule has 1 aliphatic rings. The predicted octanol–water partition coefficient (Wildman–Crippen LogP) is 6.88. The Morgan fingerprint density at radius 2 is 1.54 bits per heavy atom. The molecule has 4 aromatic rings. The van der Waals surface area contributed by atoms with Crippen molar-refractivity contribution in [3.63, 3.8) is 0 Å². The van der Waals surface area contributed by atoms with Crippen LogP contribution in [-0.2, 0) is 32.6 Å². The molecular weight excluding hydrogens is 697 g/mol. The van der Waals surface area contributed by atoms with E-state index in [1.54, 1.807) is 12.1 Å². The van der Waals surface area contributed by atoms with Crippen molar-refractivity contribution in [2.24, 2.45) is 0 Å². The maximum atomic E-state index is 14.6. The van der Waals surface area contributed by atoms with Crippen LogP contribution in [0.25, 0.3) is 0 Å². The van der Waals surface area contributed by atoms with Crippen LogP contribution in [0.15, 0.2) is 112 Å². The average molecular weight is 737 g/mol. The molecule has 11 heteroatoms. The van der Waals surface area contributed by atoms with Gasteiger partial charge in [-0.2, -0.15) is 0 Å². The normalized spacial score (nSPS) is 13.9. The smallest absolute Gasteiger partial charge is 0.264 e. The standard InChI is InChI=1S/C37H39BrFN3O5S/c1-2-47-33-20-22-34(23-21-33)48(45,46)42(32-18-16-30(39)17-19-32)26-36(43)41(25-28-12-14-29(38)15-13-28)35(24-27-8-4-3-5-9-27)37(44)40-31-10-6-7-11-31/h3-5,8-9,12-23,31,35H,2,6-7,10-11,24-26H2,1H3,(H,40,44)/t35-/m0/s1. The summed E-state index contributed by atoms with van der Waals surface area (Å²) in [6, 6.07) is 26.8. The summed E-state index contributed by atoms with van der Waals surface area (Å²) in [5.74, 6) is -0.927. The lowest BCUT2D eigenvalue weighted by molar-refractivity contribution is -0.140. The number of anilines is 1. The number of ether oxygens (including phenoxy) is 1. The number of nitrogens with one attached hydrogen (secondary N) is 1. The average Bonchev–Trinajstić information content (AvgIpc) is 3.60. The van der Waals surface area contributed by atoms with Crippen molar-refractivity contribution in [3.8, 4) is 5.75 Å². The van der Waals surface area contributed by atoms with Gasteiger partial charge in [0.2, 0.25) is 11.8 Å². The lowest BCUT2D eigenvalue weighted by Crippen LogP contribution is -2.54. The van der Waals surface area contributed by atoms with Crippen LogP contribution in [0, 0.1) is 5.82 Å². The van der Waals surface area contributed by atoms with Crippen molar-refractivity contribution in [3.05, 3.63) is 125 Å². The quantitative estimate of drug-likeness (QED) is 0.152. The van der Waals surface area contributed by atoms with Gasteiger partial charge < -0.3 is 15.0 Å². The molecule has 0 aromatic heterocycles. The number of hydrogen-bond acceptors (Lipinski definition) is 5. The van der Waals surface area contributed by atoms with Crippen molar-refractivity contribution in [1.29, 1.82) is 0 Å². The number of benzene rings is 4. The van der Waals surface area contributed by atoms with Gasteiger partial charge in [0.15, 0.2) is 0 Å². The number of halogens is 2. The Bertz CT molecular complexity index is 1770. The first-order valence-electron chi connectivity index (χ1n) is 16.0. The molecule has 0 radical (unpaired) electrons. The summed E-state index contributed by atoms with van der Waals surface area (Å²) in [6.45, 7) is 1.67. The van der Waals surface area contributed by atoms with Crippen LogP contribution in [0.3, 0.4) is 0 Å². The Morgan fingerprint density at radius 1 is 0.896 bits per heavy atom. The summed E-state index contributed by atoms with van der Waals surface area (Å²) in [7, 11) is -4.33. The molecule has 0 aliphatic heterocycles. The largest absolute Gasteiger partial charge is 0.494 e. The molecule has 5 rings (SSSR count). The lowest BCUT2D eigenvalue weighted by Gasteiger charge is -2.34. The van der Waals surface area contributed by atoms with Gasteiger partial charge in [-0.3, -0.25) is 13.9 Å².